The average molecular weight is 1320 g/mol. The number of ether oxygens (including phenoxy) is 5. The summed E-state index contributed by atoms with van der Waals surface area (Å²) in [6, 6.07) is 30.0. The quantitative estimate of drug-likeness (QED) is 0.0543. The van der Waals surface area contributed by atoms with Crippen LogP contribution in [-0.2, 0) is 48.1 Å². The molecular formula is C87H114O10. The lowest BCUT2D eigenvalue weighted by Gasteiger charge is -2.43. The minimum absolute atomic E-state index is 0.0260. The van der Waals surface area contributed by atoms with Crippen LogP contribution in [0, 0.1) is 27.6 Å². The minimum Gasteiger partial charge on any atom is -0.497 e. The molecule has 0 saturated carbocycles. The highest BCUT2D eigenvalue weighted by Gasteiger charge is 2.60. The molecule has 5 aromatic carbocycles. The Balaban J connectivity index is 0.000000155. The van der Waals surface area contributed by atoms with Crippen molar-refractivity contribution in [2.24, 2.45) is 27.6 Å². The Labute approximate surface area is 582 Å². The van der Waals surface area contributed by atoms with Crippen LogP contribution in [0.15, 0.2) is 146 Å². The molecule has 0 heterocycles. The molecule has 10 heteroatoms. The summed E-state index contributed by atoms with van der Waals surface area (Å²) in [5.74, 6) is 5.50. The number of hydrogen-bond donors (Lipinski definition) is 2. The molecule has 0 radical (unpaired) electrons. The largest absolute Gasteiger partial charge is 0.497 e. The molecule has 0 fully saturated rings. The van der Waals surface area contributed by atoms with Crippen molar-refractivity contribution in [1.29, 1.82) is 0 Å². The fourth-order valence-electron chi connectivity index (χ4n) is 17.6. The Bertz CT molecular complexity index is 3730. The predicted molar refractivity (Wildman–Crippen MR) is 396 cm³/mol. The van der Waals surface area contributed by atoms with Gasteiger partial charge in [-0.2, -0.15) is 0 Å². The maximum absolute atomic E-state index is 12.7. The highest BCUT2D eigenvalue weighted by molar-refractivity contribution is 6.10. The first-order chi connectivity index (χ1) is 46.5. The van der Waals surface area contributed by atoms with Crippen LogP contribution in [0.1, 0.15) is 243 Å². The van der Waals surface area contributed by atoms with Crippen molar-refractivity contribution >= 4 is 22.9 Å². The highest BCUT2D eigenvalue weighted by Crippen LogP contribution is 2.63. The van der Waals surface area contributed by atoms with Crippen LogP contribution < -0.4 is 23.7 Å². The lowest BCUT2D eigenvalue weighted by molar-refractivity contribution is -0.116. The van der Waals surface area contributed by atoms with Crippen molar-refractivity contribution in [3.05, 3.63) is 201 Å². The van der Waals surface area contributed by atoms with Crippen molar-refractivity contribution in [3.63, 3.8) is 0 Å². The van der Waals surface area contributed by atoms with E-state index < -0.39 is 11.2 Å². The molecule has 0 aromatic heterocycles. The number of carbonyl (C=O) groups excluding carboxylic acids is 3. The van der Waals surface area contributed by atoms with Crippen LogP contribution in [0.3, 0.4) is 0 Å². The summed E-state index contributed by atoms with van der Waals surface area (Å²) in [5.41, 5.74) is 13.3. The summed E-state index contributed by atoms with van der Waals surface area (Å²) < 4.78 is 26.5. The number of methoxy groups -OCH3 is 5. The fraction of sp³-hybridized carbons (Fsp3) is 0.506. The van der Waals surface area contributed by atoms with Gasteiger partial charge in [0.05, 0.1) is 35.5 Å². The third-order valence-corrected chi connectivity index (χ3v) is 22.9. The summed E-state index contributed by atoms with van der Waals surface area (Å²) in [6.07, 6.45) is 30.4. The number of unbranched alkanes of at least 4 members (excludes halogenated alkanes) is 5. The first-order valence-corrected chi connectivity index (χ1v) is 36.2. The second-order valence-electron chi connectivity index (χ2n) is 29.0. The molecule has 0 amide bonds. The van der Waals surface area contributed by atoms with E-state index in [1.165, 1.54) is 53.5 Å². The zero-order valence-corrected chi connectivity index (χ0v) is 61.2. The first kappa shape index (κ1) is 75.5. The zero-order chi connectivity index (χ0) is 70.5. The SMILES string of the molecule is C=CCC1(CCCC)Cc2cc(OC)ccc2C1(O)C(=C)C.C=CCC1(CCCC)Cc2cc(OC)ccc2C1=O.CCCCC12CC(=O)C(C)=C1c1ccc(OC)cc1C2.CCCCC12CC=C(C)C1(O)c1ccc(OC)cc1C2.CCCCC1Cc2cc(OC)ccc2C1=O. The molecule has 0 bridgehead atoms. The average Bonchev–Trinajstić information content (AvgIpc) is 1.56. The van der Waals surface area contributed by atoms with Gasteiger partial charge < -0.3 is 33.9 Å². The standard InChI is InChI=1S/C20H28O2.C18H24O2.C18H22O2.C17H22O2.C14H18O2/c1-6-8-12-19(11-7-2)14-16-13-17(22-5)9-10-18(16)20(19,21)15(3)4;1-4-5-9-17-10-8-13(2)18(17,19)16-7-6-15(20-3)11-14(16)12-17;1-4-5-8-18-10-13-9-14(20-3)6-7-15(13)17(18)12(2)16(19)11-18;1-4-6-10-17(9-5-2)12-13-11-14(19-3)7-8-15(13)16(17)18;1-3-4-5-10-8-11-9-12(16-2)6-7-13(11)14(10)15/h7,9-10,13,21H,2-3,6,8,11-12,14H2,1,4-5H3;6-8,11,19H,4-5,9-10,12H2,1-3H3;6-7,9H,4-5,8,10-11H2,1-3H3;5,7-8,11H,2,4,6,9-10,12H2,1,3H3;6-7,9-10H,3-5,8H2,1-2H3. The summed E-state index contributed by atoms with van der Waals surface area (Å²) >= 11 is 0. The molecule has 12 rings (SSSR count). The monoisotopic (exact) mass is 1320 g/mol. The van der Waals surface area contributed by atoms with E-state index in [9.17, 15) is 24.6 Å². The highest BCUT2D eigenvalue weighted by atomic mass is 16.5. The van der Waals surface area contributed by atoms with E-state index in [4.69, 9.17) is 23.7 Å². The zero-order valence-electron chi connectivity index (χ0n) is 61.2. The number of carbonyl (C=O) groups is 3. The van der Waals surface area contributed by atoms with E-state index in [1.807, 2.05) is 86.7 Å². The van der Waals surface area contributed by atoms with E-state index in [0.717, 1.165) is 201 Å². The molecule has 0 spiro atoms. The number of allylic oxidation sites excluding steroid dienone is 5. The Morgan fingerprint density at radius 3 is 1.58 bits per heavy atom. The summed E-state index contributed by atoms with van der Waals surface area (Å²) in [6.45, 7) is 28.8. The van der Waals surface area contributed by atoms with Gasteiger partial charge in [-0.15, -0.1) is 13.2 Å². The molecular weight excluding hydrogens is 1200 g/mol. The Morgan fingerprint density at radius 2 is 1.02 bits per heavy atom. The number of hydrogen-bond acceptors (Lipinski definition) is 10. The number of benzene rings is 5. The molecule has 7 aliphatic rings. The molecule has 7 aliphatic carbocycles. The normalized spacial score (nSPS) is 24.6. The van der Waals surface area contributed by atoms with Crippen LogP contribution in [0.4, 0.5) is 0 Å². The smallest absolute Gasteiger partial charge is 0.169 e. The maximum Gasteiger partial charge on any atom is 0.169 e. The van der Waals surface area contributed by atoms with Gasteiger partial charge in [0.25, 0.3) is 0 Å². The van der Waals surface area contributed by atoms with Gasteiger partial charge in [-0.05, 0) is 244 Å². The van der Waals surface area contributed by atoms with Crippen molar-refractivity contribution in [1.82, 2.24) is 0 Å². The lowest BCUT2D eigenvalue weighted by atomic mass is 9.64. The molecule has 0 aliphatic heterocycles. The van der Waals surface area contributed by atoms with Gasteiger partial charge >= 0.3 is 0 Å². The maximum atomic E-state index is 12.7. The number of aliphatic hydroxyl groups is 2. The van der Waals surface area contributed by atoms with Crippen LogP contribution in [0.2, 0.25) is 0 Å². The minimum atomic E-state index is -0.988. The molecule has 2 N–H and O–H groups in total. The van der Waals surface area contributed by atoms with Gasteiger partial charge in [0.2, 0.25) is 0 Å². The van der Waals surface area contributed by atoms with E-state index in [2.05, 4.69) is 97.7 Å². The number of ketones is 3. The molecule has 522 valence electrons. The van der Waals surface area contributed by atoms with Gasteiger partial charge in [-0.3, -0.25) is 14.4 Å². The fourth-order valence-corrected chi connectivity index (χ4v) is 17.6. The van der Waals surface area contributed by atoms with Crippen molar-refractivity contribution in [2.75, 3.05) is 35.5 Å². The summed E-state index contributed by atoms with van der Waals surface area (Å²) in [5, 5.41) is 23.1. The van der Waals surface area contributed by atoms with Crippen LogP contribution in [0.5, 0.6) is 28.7 Å². The van der Waals surface area contributed by atoms with Gasteiger partial charge in [0.1, 0.15) is 39.9 Å². The summed E-state index contributed by atoms with van der Waals surface area (Å²) in [7, 11) is 8.40. The lowest BCUT2D eigenvalue weighted by Crippen LogP contribution is -2.43. The molecule has 0 saturated heterocycles. The molecule has 97 heavy (non-hydrogen) atoms. The molecule has 5 aromatic rings. The van der Waals surface area contributed by atoms with Crippen molar-refractivity contribution in [2.45, 2.75) is 221 Å². The van der Waals surface area contributed by atoms with Crippen LogP contribution in [-0.4, -0.2) is 63.1 Å². The Kier molecular flexibility index (Phi) is 25.4. The van der Waals surface area contributed by atoms with E-state index in [0.29, 0.717) is 23.8 Å². The molecule has 10 nitrogen and oxygen atoms in total. The Morgan fingerprint density at radius 1 is 0.536 bits per heavy atom. The van der Waals surface area contributed by atoms with Gasteiger partial charge in [-0.25, -0.2) is 0 Å². The second-order valence-corrected chi connectivity index (χ2v) is 29.0. The second kappa shape index (κ2) is 32.6. The topological polar surface area (TPSA) is 138 Å². The van der Waals surface area contributed by atoms with Crippen molar-refractivity contribution < 1.29 is 48.3 Å². The van der Waals surface area contributed by atoms with Crippen molar-refractivity contribution in [3.8, 4) is 28.7 Å². The van der Waals surface area contributed by atoms with E-state index >= 15 is 0 Å². The van der Waals surface area contributed by atoms with Gasteiger partial charge in [0, 0.05) is 45.1 Å². The van der Waals surface area contributed by atoms with E-state index in [-0.39, 0.29) is 27.6 Å². The third kappa shape index (κ3) is 14.7. The first-order valence-electron chi connectivity index (χ1n) is 36.2. The number of Topliss-reactive ketones (excluding diaryl/α,β-unsaturated/α-hetero) is 3. The predicted octanol–water partition coefficient (Wildman–Crippen LogP) is 20.3. The number of fused-ring (bicyclic) bond motifs is 9. The van der Waals surface area contributed by atoms with Crippen LogP contribution in [0.25, 0.3) is 5.57 Å². The number of rotatable bonds is 25. The Hall–Kier alpha value is -7.27. The summed E-state index contributed by atoms with van der Waals surface area (Å²) in [4.78, 5) is 37.0. The molecule has 7 unspecified atom stereocenters. The van der Waals surface area contributed by atoms with Crippen LogP contribution >= 0.6 is 0 Å². The molecule has 7 atom stereocenters. The van der Waals surface area contributed by atoms with Gasteiger partial charge in [-0.1, -0.05) is 142 Å². The third-order valence-electron chi connectivity index (χ3n) is 22.9. The van der Waals surface area contributed by atoms with Gasteiger partial charge in [0.15, 0.2) is 17.3 Å². The van der Waals surface area contributed by atoms with E-state index in [1.54, 1.807) is 35.5 Å².